The van der Waals surface area contributed by atoms with Gasteiger partial charge in [0.1, 0.15) is 8.75 Å². The minimum Gasteiger partial charge on any atom is -0.261 e. The van der Waals surface area contributed by atoms with Gasteiger partial charge in [-0.25, -0.2) is 16.8 Å². The van der Waals surface area contributed by atoms with Crippen LogP contribution in [0.5, 0.6) is 0 Å². The van der Waals surface area contributed by atoms with Crippen molar-refractivity contribution in [2.75, 3.05) is 23.0 Å². The van der Waals surface area contributed by atoms with Crippen molar-refractivity contribution in [3.8, 4) is 0 Å². The predicted molar refractivity (Wildman–Crippen MR) is 108 cm³/mol. The molecule has 8 nitrogen and oxygen atoms in total. The summed E-state index contributed by atoms with van der Waals surface area (Å²) in [6.07, 6.45) is 0. The standard InChI is InChI=1S/C12H12N2O6S6/c15-9(13-11-21-5-1-25(17,18)2-6(5)22-11)10(16)14-12-23-7-3-26(19,20)4-8(7)24-12/h5-8H,1-4H2/t5-,6+,7-,8+. The van der Waals surface area contributed by atoms with Gasteiger partial charge in [0.2, 0.25) is 0 Å². The first kappa shape index (κ1) is 19.3. The highest BCUT2D eigenvalue weighted by Gasteiger charge is 2.46. The number of hydrogen-bond acceptors (Lipinski definition) is 10. The molecule has 26 heavy (non-hydrogen) atoms. The van der Waals surface area contributed by atoms with E-state index in [1.54, 1.807) is 0 Å². The second-order valence-electron chi connectivity index (χ2n) is 6.14. The average molecular weight is 473 g/mol. The summed E-state index contributed by atoms with van der Waals surface area (Å²) >= 11 is 4.88. The second kappa shape index (κ2) is 6.79. The fraction of sp³-hybridized carbons (Fsp3) is 0.667. The number of nitrogens with zero attached hydrogens (tertiary/aromatic N) is 2. The van der Waals surface area contributed by atoms with E-state index in [0.717, 1.165) is 0 Å². The van der Waals surface area contributed by atoms with Crippen LogP contribution in [-0.4, -0.2) is 81.4 Å². The molecule has 0 aromatic heterocycles. The molecule has 4 saturated heterocycles. The molecule has 14 heteroatoms. The van der Waals surface area contributed by atoms with Gasteiger partial charge in [0.15, 0.2) is 19.7 Å². The van der Waals surface area contributed by atoms with E-state index in [-0.39, 0.29) is 44.0 Å². The molecule has 0 unspecified atom stereocenters. The first-order valence-electron chi connectivity index (χ1n) is 7.43. The summed E-state index contributed by atoms with van der Waals surface area (Å²) in [7, 11) is -6.05. The molecule has 0 aliphatic carbocycles. The van der Waals surface area contributed by atoms with E-state index < -0.39 is 31.5 Å². The number of sulfone groups is 2. The van der Waals surface area contributed by atoms with Crippen LogP contribution in [0.25, 0.3) is 0 Å². The average Bonchev–Trinajstić information content (AvgIpc) is 3.14. The first-order valence-corrected chi connectivity index (χ1v) is 14.6. The summed E-state index contributed by atoms with van der Waals surface area (Å²) in [5, 5.41) is -0.499. The maximum Gasteiger partial charge on any atom is 0.338 e. The third-order valence-electron chi connectivity index (χ3n) is 4.08. The molecule has 2 amide bonds. The molecule has 0 N–H and O–H groups in total. The van der Waals surface area contributed by atoms with Gasteiger partial charge in [-0.15, -0.1) is 0 Å². The van der Waals surface area contributed by atoms with Crippen LogP contribution in [0.3, 0.4) is 0 Å². The number of carbonyl (C=O) groups is 2. The van der Waals surface area contributed by atoms with E-state index in [2.05, 4.69) is 9.98 Å². The van der Waals surface area contributed by atoms with Crippen molar-refractivity contribution >= 4 is 87.3 Å². The summed E-state index contributed by atoms with van der Waals surface area (Å²) in [6.45, 7) is 0. The summed E-state index contributed by atoms with van der Waals surface area (Å²) < 4.78 is 47.0. The van der Waals surface area contributed by atoms with Crippen molar-refractivity contribution in [1.82, 2.24) is 0 Å². The number of hydrogen-bond donors (Lipinski definition) is 0. The Hall–Kier alpha value is -0.0200. The Labute approximate surface area is 167 Å². The van der Waals surface area contributed by atoms with Gasteiger partial charge in [-0.3, -0.25) is 9.59 Å². The molecule has 0 saturated carbocycles. The molecule has 4 fully saturated rings. The number of thioether (sulfide) groups is 4. The Kier molecular flexibility index (Phi) is 5.04. The monoisotopic (exact) mass is 472 g/mol. The van der Waals surface area contributed by atoms with Crippen LogP contribution in [0.4, 0.5) is 0 Å². The summed E-state index contributed by atoms with van der Waals surface area (Å²) in [5.41, 5.74) is 0. The molecule has 0 aromatic rings. The van der Waals surface area contributed by atoms with Gasteiger partial charge in [-0.2, -0.15) is 9.98 Å². The van der Waals surface area contributed by atoms with Crippen LogP contribution in [0.15, 0.2) is 9.98 Å². The zero-order chi connectivity index (χ0) is 18.7. The number of fused-ring (bicyclic) bond motifs is 2. The smallest absolute Gasteiger partial charge is 0.261 e. The Morgan fingerprint density at radius 1 is 0.654 bits per heavy atom. The summed E-state index contributed by atoms with van der Waals surface area (Å²) in [5.74, 6) is -1.70. The molecule has 142 valence electrons. The summed E-state index contributed by atoms with van der Waals surface area (Å²) in [4.78, 5) is 31.5. The molecule has 4 heterocycles. The first-order chi connectivity index (χ1) is 12.1. The lowest BCUT2D eigenvalue weighted by Gasteiger charge is -1.99. The van der Waals surface area contributed by atoms with Crippen molar-refractivity contribution in [3.05, 3.63) is 0 Å². The molecule has 4 aliphatic heterocycles. The Balaban J connectivity index is 1.37. The molecule has 4 rings (SSSR count). The van der Waals surface area contributed by atoms with Crippen LogP contribution in [0.1, 0.15) is 0 Å². The lowest BCUT2D eigenvalue weighted by molar-refractivity contribution is -0.134. The Morgan fingerprint density at radius 2 is 0.923 bits per heavy atom. The fourth-order valence-corrected chi connectivity index (χ4v) is 15.4. The van der Waals surface area contributed by atoms with E-state index in [0.29, 0.717) is 8.75 Å². The maximum absolute atomic E-state index is 12.0. The lowest BCUT2D eigenvalue weighted by Crippen LogP contribution is -2.12. The highest BCUT2D eigenvalue weighted by molar-refractivity contribution is 8.43. The van der Waals surface area contributed by atoms with E-state index >= 15 is 0 Å². The van der Waals surface area contributed by atoms with Gasteiger partial charge in [0.25, 0.3) is 0 Å². The maximum atomic E-state index is 12.0. The van der Waals surface area contributed by atoms with Crippen LogP contribution < -0.4 is 0 Å². The topological polar surface area (TPSA) is 127 Å². The van der Waals surface area contributed by atoms with Crippen LogP contribution >= 0.6 is 47.0 Å². The third-order valence-corrected chi connectivity index (χ3v) is 14.3. The van der Waals surface area contributed by atoms with Gasteiger partial charge in [0.05, 0.1) is 23.0 Å². The van der Waals surface area contributed by atoms with Crippen molar-refractivity contribution in [2.45, 2.75) is 21.0 Å². The van der Waals surface area contributed by atoms with Crippen LogP contribution in [-0.2, 0) is 29.3 Å². The van der Waals surface area contributed by atoms with Crippen LogP contribution in [0.2, 0.25) is 0 Å². The van der Waals surface area contributed by atoms with Crippen molar-refractivity contribution in [3.63, 3.8) is 0 Å². The van der Waals surface area contributed by atoms with E-state index in [9.17, 15) is 26.4 Å². The number of rotatable bonds is 0. The SMILES string of the molecule is O=C(N=C1S[C@H]2CS(=O)(=O)C[C@H]2S1)C(=O)N=C1S[C@H]2CS(=O)(=O)C[C@H]2S1. The highest BCUT2D eigenvalue weighted by Crippen LogP contribution is 2.45. The van der Waals surface area contributed by atoms with Crippen molar-refractivity contribution in [1.29, 1.82) is 0 Å². The fourth-order valence-electron chi connectivity index (χ4n) is 2.95. The van der Waals surface area contributed by atoms with Gasteiger partial charge in [-0.1, -0.05) is 47.0 Å². The molecular formula is C12H12N2O6S6. The Morgan fingerprint density at radius 3 is 1.19 bits per heavy atom. The normalized spacial score (nSPS) is 40.0. The molecule has 0 spiro atoms. The molecular weight excluding hydrogens is 461 g/mol. The molecule has 0 bridgehead atoms. The van der Waals surface area contributed by atoms with Gasteiger partial charge >= 0.3 is 11.8 Å². The second-order valence-corrected chi connectivity index (χ2v) is 15.9. The summed E-state index contributed by atoms with van der Waals surface area (Å²) in [6, 6.07) is 0. The largest absolute Gasteiger partial charge is 0.338 e. The molecule has 0 radical (unpaired) electrons. The van der Waals surface area contributed by atoms with E-state index in [1.807, 2.05) is 0 Å². The lowest BCUT2D eigenvalue weighted by atomic mass is 10.4. The highest BCUT2D eigenvalue weighted by atomic mass is 32.2. The minimum absolute atomic E-state index is 0.0672. The van der Waals surface area contributed by atoms with Crippen molar-refractivity contribution in [2.24, 2.45) is 9.98 Å². The predicted octanol–water partition coefficient (Wildman–Crippen LogP) is 0.0428. The third kappa shape index (κ3) is 4.04. The zero-order valence-electron chi connectivity index (χ0n) is 12.9. The minimum atomic E-state index is -3.02. The quantitative estimate of drug-likeness (QED) is 0.446. The van der Waals surface area contributed by atoms with E-state index in [1.165, 1.54) is 47.0 Å². The molecule has 4 atom stereocenters. The zero-order valence-corrected chi connectivity index (χ0v) is 17.8. The van der Waals surface area contributed by atoms with Crippen molar-refractivity contribution < 1.29 is 26.4 Å². The van der Waals surface area contributed by atoms with E-state index in [4.69, 9.17) is 0 Å². The Bertz CT molecular complexity index is 833. The van der Waals surface area contributed by atoms with Gasteiger partial charge in [-0.05, 0) is 0 Å². The molecule has 4 aliphatic rings. The number of amides is 2. The van der Waals surface area contributed by atoms with Crippen LogP contribution in [0, 0.1) is 0 Å². The van der Waals surface area contributed by atoms with Gasteiger partial charge < -0.3 is 0 Å². The number of carbonyl (C=O) groups excluding carboxylic acids is 2. The number of aliphatic imine (C=N–C) groups is 2. The molecule has 0 aromatic carbocycles. The van der Waals surface area contributed by atoms with Gasteiger partial charge in [0, 0.05) is 21.0 Å².